The molecule has 0 saturated heterocycles. The predicted molar refractivity (Wildman–Crippen MR) is 61.8 cm³/mol. The Morgan fingerprint density at radius 1 is 1.38 bits per heavy atom. The third-order valence-electron chi connectivity index (χ3n) is 2.15. The van der Waals surface area contributed by atoms with Gasteiger partial charge in [-0.15, -0.1) is 0 Å². The van der Waals surface area contributed by atoms with Crippen LogP contribution < -0.4 is 4.74 Å². The van der Waals surface area contributed by atoms with Crippen LogP contribution in [0.15, 0.2) is 24.3 Å². The second kappa shape index (κ2) is 6.12. The van der Waals surface area contributed by atoms with Crippen molar-refractivity contribution < 1.29 is 14.6 Å². The van der Waals surface area contributed by atoms with Gasteiger partial charge in [0.1, 0.15) is 5.75 Å². The Balaban J connectivity index is 2.63. The molecular formula is C12H17NO3. The summed E-state index contributed by atoms with van der Waals surface area (Å²) in [4.78, 5) is 12.5. The first-order valence-electron chi connectivity index (χ1n) is 5.17. The van der Waals surface area contributed by atoms with Crippen LogP contribution in [0, 0.1) is 0 Å². The van der Waals surface area contributed by atoms with Crippen LogP contribution in [0.4, 0.5) is 0 Å². The summed E-state index contributed by atoms with van der Waals surface area (Å²) < 4.78 is 5.21. The second-order valence-electron chi connectivity index (χ2n) is 3.84. The van der Waals surface area contributed by atoms with Gasteiger partial charge in [-0.3, -0.25) is 0 Å². The fourth-order valence-corrected chi connectivity index (χ4v) is 1.33. The summed E-state index contributed by atoms with van der Waals surface area (Å²) >= 11 is 0. The summed E-state index contributed by atoms with van der Waals surface area (Å²) in [6.07, 6.45) is 0.850. The first-order chi connectivity index (χ1) is 7.59. The molecule has 0 fully saturated rings. The monoisotopic (exact) mass is 223 g/mol. The van der Waals surface area contributed by atoms with Crippen molar-refractivity contribution in [3.63, 3.8) is 0 Å². The van der Waals surface area contributed by atoms with Crippen molar-refractivity contribution in [1.29, 1.82) is 0 Å². The van der Waals surface area contributed by atoms with Gasteiger partial charge in [0.2, 0.25) is 0 Å². The number of aliphatic carboxylic acids is 1. The number of hydrogen-bond donors (Lipinski definition) is 1. The quantitative estimate of drug-likeness (QED) is 0.788. The molecule has 1 N–H and O–H groups in total. The summed E-state index contributed by atoms with van der Waals surface area (Å²) in [5.41, 5.74) is 1.04. The second-order valence-corrected chi connectivity index (χ2v) is 3.84. The molecule has 0 heterocycles. The van der Waals surface area contributed by atoms with Crippen LogP contribution in [-0.4, -0.2) is 43.2 Å². The number of para-hydroxylation sites is 1. The summed E-state index contributed by atoms with van der Waals surface area (Å²) in [7, 11) is 4.00. The van der Waals surface area contributed by atoms with Gasteiger partial charge in [0.05, 0.1) is 0 Å². The van der Waals surface area contributed by atoms with Gasteiger partial charge in [0.15, 0.2) is 6.61 Å². The highest BCUT2D eigenvalue weighted by Crippen LogP contribution is 2.18. The molecule has 1 aromatic carbocycles. The molecule has 0 aromatic heterocycles. The zero-order valence-corrected chi connectivity index (χ0v) is 9.64. The highest BCUT2D eigenvalue weighted by atomic mass is 16.5. The fraction of sp³-hybridized carbons (Fsp3) is 0.417. The molecule has 0 aliphatic rings. The standard InChI is InChI=1S/C12H17NO3/c1-13(2)8-7-10-5-3-4-6-11(10)16-9-12(14)15/h3-6H,7-9H2,1-2H3,(H,14,15). The summed E-state index contributed by atoms with van der Waals surface area (Å²) in [5, 5.41) is 8.55. The van der Waals surface area contributed by atoms with E-state index in [1.165, 1.54) is 0 Å². The minimum absolute atomic E-state index is 0.293. The molecule has 0 atom stereocenters. The molecule has 4 nitrogen and oxygen atoms in total. The minimum Gasteiger partial charge on any atom is -0.482 e. The average Bonchev–Trinajstić information content (AvgIpc) is 2.24. The normalized spacial score (nSPS) is 10.4. The van der Waals surface area contributed by atoms with Crippen molar-refractivity contribution >= 4 is 5.97 Å². The minimum atomic E-state index is -0.956. The third-order valence-corrected chi connectivity index (χ3v) is 2.15. The van der Waals surface area contributed by atoms with Gasteiger partial charge >= 0.3 is 5.97 Å². The van der Waals surface area contributed by atoms with Crippen LogP contribution in [0.25, 0.3) is 0 Å². The van der Waals surface area contributed by atoms with Crippen molar-refractivity contribution in [2.45, 2.75) is 6.42 Å². The van der Waals surface area contributed by atoms with Crippen LogP contribution in [-0.2, 0) is 11.2 Å². The number of carbonyl (C=O) groups is 1. The average molecular weight is 223 g/mol. The first kappa shape index (κ1) is 12.5. The van der Waals surface area contributed by atoms with Crippen molar-refractivity contribution in [2.24, 2.45) is 0 Å². The Kier molecular flexibility index (Phi) is 4.79. The first-order valence-corrected chi connectivity index (χ1v) is 5.17. The zero-order valence-electron chi connectivity index (χ0n) is 9.64. The number of hydrogen-bond acceptors (Lipinski definition) is 3. The number of benzene rings is 1. The van der Waals surface area contributed by atoms with E-state index in [4.69, 9.17) is 9.84 Å². The summed E-state index contributed by atoms with van der Waals surface area (Å²) in [6.45, 7) is 0.617. The lowest BCUT2D eigenvalue weighted by atomic mass is 10.1. The zero-order chi connectivity index (χ0) is 12.0. The molecule has 0 unspecified atom stereocenters. The van der Waals surface area contributed by atoms with E-state index in [9.17, 15) is 4.79 Å². The maximum atomic E-state index is 10.4. The fourth-order valence-electron chi connectivity index (χ4n) is 1.33. The topological polar surface area (TPSA) is 49.8 Å². The van der Waals surface area contributed by atoms with Gasteiger partial charge in [-0.25, -0.2) is 4.79 Å². The molecule has 16 heavy (non-hydrogen) atoms. The van der Waals surface area contributed by atoms with Gasteiger partial charge in [-0.1, -0.05) is 18.2 Å². The molecule has 0 bridgehead atoms. The molecule has 0 spiro atoms. The van der Waals surface area contributed by atoms with Crippen molar-refractivity contribution in [3.05, 3.63) is 29.8 Å². The Labute approximate surface area is 95.5 Å². The van der Waals surface area contributed by atoms with Crippen LogP contribution in [0.3, 0.4) is 0 Å². The Bertz CT molecular complexity index is 350. The van der Waals surface area contributed by atoms with Crippen LogP contribution in [0.5, 0.6) is 5.75 Å². The Morgan fingerprint density at radius 2 is 2.06 bits per heavy atom. The number of ether oxygens (including phenoxy) is 1. The lowest BCUT2D eigenvalue weighted by molar-refractivity contribution is -0.139. The highest BCUT2D eigenvalue weighted by Gasteiger charge is 2.05. The third kappa shape index (κ3) is 4.31. The molecule has 0 amide bonds. The van der Waals surface area contributed by atoms with E-state index in [0.717, 1.165) is 18.5 Å². The van der Waals surface area contributed by atoms with Crippen molar-refractivity contribution in [2.75, 3.05) is 27.2 Å². The van der Waals surface area contributed by atoms with Crippen molar-refractivity contribution in [3.8, 4) is 5.75 Å². The lowest BCUT2D eigenvalue weighted by Gasteiger charge is -2.12. The largest absolute Gasteiger partial charge is 0.482 e. The van der Waals surface area contributed by atoms with Gasteiger partial charge < -0.3 is 14.7 Å². The van der Waals surface area contributed by atoms with E-state index in [-0.39, 0.29) is 6.61 Å². The van der Waals surface area contributed by atoms with E-state index in [1.807, 2.05) is 32.3 Å². The SMILES string of the molecule is CN(C)CCc1ccccc1OCC(=O)O. The number of carboxylic acids is 1. The molecule has 0 aliphatic carbocycles. The van der Waals surface area contributed by atoms with Crippen molar-refractivity contribution in [1.82, 2.24) is 4.90 Å². The van der Waals surface area contributed by atoms with E-state index < -0.39 is 5.97 Å². The molecule has 4 heteroatoms. The van der Waals surface area contributed by atoms with Gasteiger partial charge in [0, 0.05) is 6.54 Å². The van der Waals surface area contributed by atoms with Gasteiger partial charge in [-0.2, -0.15) is 0 Å². The highest BCUT2D eigenvalue weighted by molar-refractivity contribution is 5.68. The predicted octanol–water partition coefficient (Wildman–Crippen LogP) is 1.25. The maximum Gasteiger partial charge on any atom is 0.341 e. The molecule has 0 aliphatic heterocycles. The maximum absolute atomic E-state index is 10.4. The van der Waals surface area contributed by atoms with Crippen LogP contribution >= 0.6 is 0 Å². The number of rotatable bonds is 6. The van der Waals surface area contributed by atoms with Gasteiger partial charge in [-0.05, 0) is 32.1 Å². The van der Waals surface area contributed by atoms with E-state index in [2.05, 4.69) is 4.90 Å². The molecule has 1 rings (SSSR count). The molecule has 88 valence electrons. The molecule has 0 radical (unpaired) electrons. The lowest BCUT2D eigenvalue weighted by Crippen LogP contribution is -2.16. The molecular weight excluding hydrogens is 206 g/mol. The smallest absolute Gasteiger partial charge is 0.341 e. The van der Waals surface area contributed by atoms with Crippen LogP contribution in [0.2, 0.25) is 0 Å². The molecule has 1 aromatic rings. The van der Waals surface area contributed by atoms with E-state index in [1.54, 1.807) is 6.07 Å². The summed E-state index contributed by atoms with van der Waals surface area (Å²) in [5.74, 6) is -0.297. The Morgan fingerprint density at radius 3 is 2.69 bits per heavy atom. The van der Waals surface area contributed by atoms with Crippen LogP contribution in [0.1, 0.15) is 5.56 Å². The number of carboxylic acid groups (broad SMARTS) is 1. The summed E-state index contributed by atoms with van der Waals surface area (Å²) in [6, 6.07) is 7.53. The number of likely N-dealkylation sites (N-methyl/N-ethyl adjacent to an activating group) is 1. The van der Waals surface area contributed by atoms with E-state index in [0.29, 0.717) is 5.75 Å². The van der Waals surface area contributed by atoms with Gasteiger partial charge in [0.25, 0.3) is 0 Å². The Hall–Kier alpha value is -1.55. The number of nitrogens with zero attached hydrogens (tertiary/aromatic N) is 1. The van der Waals surface area contributed by atoms with E-state index >= 15 is 0 Å². The molecule has 0 saturated carbocycles.